The molecule has 0 atom stereocenters. The van der Waals surface area contributed by atoms with E-state index >= 15 is 0 Å². The summed E-state index contributed by atoms with van der Waals surface area (Å²) in [6, 6.07) is 6.28. The number of likely N-dealkylation sites (N-methyl/N-ethyl adjacent to an activating group) is 1. The van der Waals surface area contributed by atoms with Gasteiger partial charge in [0, 0.05) is 49.7 Å². The van der Waals surface area contributed by atoms with Crippen LogP contribution in [0.5, 0.6) is 0 Å². The van der Waals surface area contributed by atoms with Gasteiger partial charge in [-0.05, 0) is 44.7 Å². The number of fused-ring (bicyclic) bond motifs is 1. The van der Waals surface area contributed by atoms with Gasteiger partial charge < -0.3 is 10.2 Å². The Labute approximate surface area is 196 Å². The zero-order valence-electron chi connectivity index (χ0n) is 18.9. The van der Waals surface area contributed by atoms with Crippen LogP contribution in [-0.4, -0.2) is 66.3 Å². The van der Waals surface area contributed by atoms with Gasteiger partial charge in [0.25, 0.3) is 5.56 Å². The van der Waals surface area contributed by atoms with Crippen molar-refractivity contribution in [2.45, 2.75) is 31.7 Å². The summed E-state index contributed by atoms with van der Waals surface area (Å²) in [6.07, 6.45) is 1.53. The van der Waals surface area contributed by atoms with E-state index in [0.29, 0.717) is 42.1 Å². The maximum absolute atomic E-state index is 13.0. The van der Waals surface area contributed by atoms with Gasteiger partial charge in [-0.15, -0.1) is 11.3 Å². The molecule has 1 N–H and O–H groups in total. The Morgan fingerprint density at radius 1 is 1.18 bits per heavy atom. The smallest absolute Gasteiger partial charge is 0.262 e. The number of sulfonamides is 1. The van der Waals surface area contributed by atoms with Crippen LogP contribution in [0.4, 0.5) is 5.69 Å². The quantitative estimate of drug-likeness (QED) is 0.568. The molecule has 4 rings (SSSR count). The van der Waals surface area contributed by atoms with Gasteiger partial charge in [-0.2, -0.15) is 4.31 Å². The van der Waals surface area contributed by atoms with E-state index < -0.39 is 10.0 Å². The fraction of sp³-hybridized carbons (Fsp3) is 0.409. The van der Waals surface area contributed by atoms with Crippen LogP contribution in [-0.2, 0) is 21.4 Å². The van der Waals surface area contributed by atoms with E-state index in [1.165, 1.54) is 38.7 Å². The number of aryl methyl sites for hydroxylation is 3. The van der Waals surface area contributed by atoms with Crippen LogP contribution in [0.25, 0.3) is 10.2 Å². The molecule has 0 spiro atoms. The lowest BCUT2D eigenvalue weighted by Crippen LogP contribution is -2.47. The molecule has 1 amide bonds. The lowest BCUT2D eigenvalue weighted by atomic mass is 10.2. The summed E-state index contributed by atoms with van der Waals surface area (Å²) in [5, 5.41) is 3.34. The molecule has 2 aromatic heterocycles. The SMILES string of the molecule is Cc1sc2ncn(CCC(=O)Nc3cccc(S(=O)(=O)N4CCN(C)CC4)c3)c(=O)c2c1C. The molecule has 3 aromatic rings. The van der Waals surface area contributed by atoms with Crippen LogP contribution in [0.2, 0.25) is 0 Å². The highest BCUT2D eigenvalue weighted by molar-refractivity contribution is 7.89. The molecule has 1 aromatic carbocycles. The summed E-state index contributed by atoms with van der Waals surface area (Å²) in [4.78, 5) is 33.6. The van der Waals surface area contributed by atoms with Gasteiger partial charge in [-0.1, -0.05) is 6.07 Å². The number of carbonyl (C=O) groups excluding carboxylic acids is 1. The number of benzene rings is 1. The van der Waals surface area contributed by atoms with E-state index in [9.17, 15) is 18.0 Å². The lowest BCUT2D eigenvalue weighted by molar-refractivity contribution is -0.116. The summed E-state index contributed by atoms with van der Waals surface area (Å²) < 4.78 is 28.8. The largest absolute Gasteiger partial charge is 0.326 e. The molecule has 11 heteroatoms. The molecule has 1 aliphatic heterocycles. The van der Waals surface area contributed by atoms with Crippen molar-refractivity contribution < 1.29 is 13.2 Å². The van der Waals surface area contributed by atoms with Crippen molar-refractivity contribution in [1.82, 2.24) is 18.8 Å². The maximum Gasteiger partial charge on any atom is 0.262 e. The average Bonchev–Trinajstić information content (AvgIpc) is 3.08. The number of carbonyl (C=O) groups is 1. The molecule has 0 aliphatic carbocycles. The zero-order valence-corrected chi connectivity index (χ0v) is 20.5. The van der Waals surface area contributed by atoms with Crippen molar-refractivity contribution in [2.75, 3.05) is 38.5 Å². The molecule has 0 saturated carbocycles. The van der Waals surface area contributed by atoms with Gasteiger partial charge in [-0.3, -0.25) is 14.2 Å². The Kier molecular flexibility index (Phi) is 6.66. The molecule has 176 valence electrons. The molecular weight excluding hydrogens is 462 g/mol. The number of piperazine rings is 1. The number of rotatable bonds is 6. The maximum atomic E-state index is 13.0. The van der Waals surface area contributed by atoms with Gasteiger partial charge in [0.1, 0.15) is 4.83 Å². The normalized spacial score (nSPS) is 15.7. The Balaban J connectivity index is 1.43. The first kappa shape index (κ1) is 23.6. The van der Waals surface area contributed by atoms with Crippen LogP contribution in [0, 0.1) is 13.8 Å². The molecule has 0 radical (unpaired) electrons. The second-order valence-corrected chi connectivity index (χ2v) is 11.4. The standard InChI is InChI=1S/C22H27N5O4S2/c1-15-16(2)32-21-20(15)22(29)26(14-23-21)8-7-19(28)24-17-5-4-6-18(13-17)33(30,31)27-11-9-25(3)10-12-27/h4-6,13-14H,7-12H2,1-3H3,(H,24,28). The monoisotopic (exact) mass is 489 g/mol. The third kappa shape index (κ3) is 4.86. The Hall–Kier alpha value is -2.60. The first-order valence-corrected chi connectivity index (χ1v) is 13.0. The first-order valence-electron chi connectivity index (χ1n) is 10.7. The average molecular weight is 490 g/mol. The second kappa shape index (κ2) is 9.34. The molecule has 0 unspecified atom stereocenters. The molecule has 33 heavy (non-hydrogen) atoms. The predicted octanol–water partition coefficient (Wildman–Crippen LogP) is 2.04. The molecule has 3 heterocycles. The third-order valence-electron chi connectivity index (χ3n) is 5.95. The summed E-state index contributed by atoms with van der Waals surface area (Å²) in [5.41, 5.74) is 1.17. The molecule has 9 nitrogen and oxygen atoms in total. The number of thiophene rings is 1. The zero-order chi connectivity index (χ0) is 23.8. The highest BCUT2D eigenvalue weighted by Gasteiger charge is 2.27. The minimum Gasteiger partial charge on any atom is -0.326 e. The third-order valence-corrected chi connectivity index (χ3v) is 8.96. The van der Waals surface area contributed by atoms with Crippen LogP contribution in [0.1, 0.15) is 16.9 Å². The van der Waals surface area contributed by atoms with E-state index in [0.717, 1.165) is 10.4 Å². The van der Waals surface area contributed by atoms with E-state index in [2.05, 4.69) is 15.2 Å². The lowest BCUT2D eigenvalue weighted by Gasteiger charge is -2.31. The summed E-state index contributed by atoms with van der Waals surface area (Å²) in [5.74, 6) is -0.311. The van der Waals surface area contributed by atoms with E-state index in [-0.39, 0.29) is 29.3 Å². The number of aromatic nitrogens is 2. The topological polar surface area (TPSA) is 105 Å². The first-order chi connectivity index (χ1) is 15.7. The number of nitrogens with one attached hydrogen (secondary N) is 1. The number of anilines is 1. The van der Waals surface area contributed by atoms with Gasteiger partial charge in [-0.25, -0.2) is 13.4 Å². The van der Waals surface area contributed by atoms with E-state index in [1.54, 1.807) is 12.1 Å². The second-order valence-electron chi connectivity index (χ2n) is 8.24. The number of nitrogens with zero attached hydrogens (tertiary/aromatic N) is 4. The summed E-state index contributed by atoms with van der Waals surface area (Å²) in [6.45, 7) is 6.27. The van der Waals surface area contributed by atoms with Crippen molar-refractivity contribution in [3.8, 4) is 0 Å². The van der Waals surface area contributed by atoms with Crippen molar-refractivity contribution in [3.63, 3.8) is 0 Å². The van der Waals surface area contributed by atoms with Crippen LogP contribution < -0.4 is 10.9 Å². The minimum atomic E-state index is -3.62. The Bertz CT molecular complexity index is 1350. The Morgan fingerprint density at radius 3 is 2.64 bits per heavy atom. The number of hydrogen-bond donors (Lipinski definition) is 1. The number of amides is 1. The predicted molar refractivity (Wildman–Crippen MR) is 129 cm³/mol. The van der Waals surface area contributed by atoms with Gasteiger partial charge in [0.15, 0.2) is 0 Å². The van der Waals surface area contributed by atoms with Crippen LogP contribution >= 0.6 is 11.3 Å². The summed E-state index contributed by atoms with van der Waals surface area (Å²) >= 11 is 1.48. The highest BCUT2D eigenvalue weighted by Crippen LogP contribution is 2.25. The van der Waals surface area contributed by atoms with E-state index in [4.69, 9.17) is 0 Å². The van der Waals surface area contributed by atoms with Crippen LogP contribution in [0.3, 0.4) is 0 Å². The fourth-order valence-corrected chi connectivity index (χ4v) is 6.24. The van der Waals surface area contributed by atoms with Gasteiger partial charge in [0.2, 0.25) is 15.9 Å². The van der Waals surface area contributed by atoms with Crippen molar-refractivity contribution in [3.05, 3.63) is 51.4 Å². The number of hydrogen-bond acceptors (Lipinski definition) is 7. The van der Waals surface area contributed by atoms with Gasteiger partial charge in [0.05, 0.1) is 16.6 Å². The summed E-state index contributed by atoms with van der Waals surface area (Å²) in [7, 11) is -1.66. The fourth-order valence-electron chi connectivity index (χ4n) is 3.79. The molecule has 0 bridgehead atoms. The van der Waals surface area contributed by atoms with Crippen LogP contribution in [0.15, 0.2) is 40.3 Å². The minimum absolute atomic E-state index is 0.0602. The molecule has 1 aliphatic rings. The van der Waals surface area contributed by atoms with Gasteiger partial charge >= 0.3 is 0 Å². The Morgan fingerprint density at radius 2 is 1.91 bits per heavy atom. The molecular formula is C22H27N5O4S2. The van der Waals surface area contributed by atoms with E-state index in [1.807, 2.05) is 20.9 Å². The van der Waals surface area contributed by atoms with Crippen molar-refractivity contribution in [1.29, 1.82) is 0 Å². The van der Waals surface area contributed by atoms with Crippen molar-refractivity contribution >= 4 is 43.2 Å². The molecule has 1 fully saturated rings. The highest BCUT2D eigenvalue weighted by atomic mass is 32.2. The molecule has 1 saturated heterocycles. The van der Waals surface area contributed by atoms with Crippen molar-refractivity contribution in [2.24, 2.45) is 0 Å².